The molecule has 0 aliphatic heterocycles. The summed E-state index contributed by atoms with van der Waals surface area (Å²) in [5.41, 5.74) is 4.59. The van der Waals surface area contributed by atoms with Gasteiger partial charge in [-0.3, -0.25) is 0 Å². The fourth-order valence-electron chi connectivity index (χ4n) is 1.04. The molecule has 0 saturated heterocycles. The summed E-state index contributed by atoms with van der Waals surface area (Å²) in [4.78, 5) is 0. The van der Waals surface area contributed by atoms with Crippen LogP contribution in [0.25, 0.3) is 11.1 Å². The quantitative estimate of drug-likeness (QED) is 0.572. The van der Waals surface area contributed by atoms with E-state index < -0.39 is 0 Å². The summed E-state index contributed by atoms with van der Waals surface area (Å²) >= 11 is 0. The third-order valence-electron chi connectivity index (χ3n) is 1.87. The molecule has 1 rings (SSSR count). The molecular weight excluding hydrogens is 151 g/mol. The van der Waals surface area contributed by atoms with E-state index in [1.54, 1.807) is 0 Å². The van der Waals surface area contributed by atoms with Crippen molar-refractivity contribution in [2.75, 3.05) is 0 Å². The molecule has 1 aromatic carbocycles. The van der Waals surface area contributed by atoms with Gasteiger partial charge in [-0.2, -0.15) is 0 Å². The van der Waals surface area contributed by atoms with Gasteiger partial charge in [-0.1, -0.05) is 48.6 Å². The second-order valence-electron chi connectivity index (χ2n) is 3.14. The molecule has 1 heteroatoms. The number of hydrogen-bond acceptors (Lipinski definition) is 0. The van der Waals surface area contributed by atoms with E-state index in [4.69, 9.17) is 0 Å². The third kappa shape index (κ3) is 3.26. The molecule has 0 saturated carbocycles. The van der Waals surface area contributed by atoms with Gasteiger partial charge in [-0.05, 0) is 25.0 Å². The van der Waals surface area contributed by atoms with Crippen LogP contribution in [-0.2, 0) is 0 Å². The maximum Gasteiger partial charge on any atom is 1.00 e. The van der Waals surface area contributed by atoms with Crippen molar-refractivity contribution in [1.29, 1.82) is 0 Å². The van der Waals surface area contributed by atoms with Crippen LogP contribution in [0.5, 0.6) is 0 Å². The van der Waals surface area contributed by atoms with Crippen LogP contribution in [0, 0.1) is 0 Å². The zero-order valence-corrected chi connectivity index (χ0v) is 8.72. The largest absolute Gasteiger partial charge is 1.00 e. The Morgan fingerprint density at radius 3 is 1.31 bits per heavy atom. The molecule has 0 unspecified atom stereocenters. The molecule has 13 heavy (non-hydrogen) atoms. The molecule has 0 aliphatic carbocycles. The fraction of sp³-hybridized carbons (Fsp3) is 0.167. The molecule has 0 atom stereocenters. The first-order valence-electron chi connectivity index (χ1n) is 4.03. The van der Waals surface area contributed by atoms with Gasteiger partial charge in [0.05, 0.1) is 0 Å². The van der Waals surface area contributed by atoms with Gasteiger partial charge in [0.25, 0.3) is 0 Å². The van der Waals surface area contributed by atoms with Crippen molar-refractivity contribution >= 4 is 11.1 Å². The van der Waals surface area contributed by atoms with Crippen molar-refractivity contribution in [3.63, 3.8) is 0 Å². The molecule has 0 amide bonds. The van der Waals surface area contributed by atoms with Crippen molar-refractivity contribution < 1.29 is 20.3 Å². The Kier molecular flexibility index (Phi) is 4.84. The van der Waals surface area contributed by atoms with Crippen LogP contribution in [-0.4, -0.2) is 0 Å². The van der Waals surface area contributed by atoms with Crippen LogP contribution in [0.4, 0.5) is 0 Å². The average Bonchev–Trinajstić information content (AvgIpc) is 2.04. The summed E-state index contributed by atoms with van der Waals surface area (Å²) in [6.45, 7) is 11.8. The van der Waals surface area contributed by atoms with Crippen molar-refractivity contribution in [3.05, 3.63) is 48.6 Å². The number of hydrogen-bond donors (Lipinski definition) is 0. The molecule has 0 radical (unpaired) electrons. The Labute approximate surface area is 94.0 Å². The summed E-state index contributed by atoms with van der Waals surface area (Å²) in [7, 11) is 0. The molecular formula is C12H15Li. The minimum absolute atomic E-state index is 0. The SMILES string of the molecule is C=C(C)c1ccc(C(=C)C)cc1.[H-].[Li+]. The zero-order chi connectivity index (χ0) is 9.14. The first kappa shape index (κ1) is 12.3. The van der Waals surface area contributed by atoms with E-state index in [0.717, 1.165) is 11.1 Å². The monoisotopic (exact) mass is 166 g/mol. The van der Waals surface area contributed by atoms with Gasteiger partial charge >= 0.3 is 18.9 Å². The second-order valence-corrected chi connectivity index (χ2v) is 3.14. The normalized spacial score (nSPS) is 8.77. The van der Waals surface area contributed by atoms with E-state index in [0.29, 0.717) is 0 Å². The van der Waals surface area contributed by atoms with E-state index in [-0.39, 0.29) is 20.3 Å². The van der Waals surface area contributed by atoms with Crippen LogP contribution in [0.3, 0.4) is 0 Å². The van der Waals surface area contributed by atoms with Gasteiger partial charge in [-0.25, -0.2) is 0 Å². The minimum atomic E-state index is 0. The van der Waals surface area contributed by atoms with Gasteiger partial charge < -0.3 is 1.43 Å². The van der Waals surface area contributed by atoms with Crippen LogP contribution in [0.1, 0.15) is 26.4 Å². The van der Waals surface area contributed by atoms with Gasteiger partial charge in [0, 0.05) is 0 Å². The molecule has 0 spiro atoms. The second kappa shape index (κ2) is 5.12. The van der Waals surface area contributed by atoms with Crippen molar-refractivity contribution in [3.8, 4) is 0 Å². The van der Waals surface area contributed by atoms with Gasteiger partial charge in [0.15, 0.2) is 0 Å². The smallest absolute Gasteiger partial charge is 1.00 e. The fourth-order valence-corrected chi connectivity index (χ4v) is 1.04. The van der Waals surface area contributed by atoms with E-state index in [1.165, 1.54) is 11.1 Å². The topological polar surface area (TPSA) is 0 Å². The maximum atomic E-state index is 3.88. The Hall–Kier alpha value is -0.703. The van der Waals surface area contributed by atoms with Crippen LogP contribution < -0.4 is 18.9 Å². The first-order valence-corrected chi connectivity index (χ1v) is 4.03. The van der Waals surface area contributed by atoms with Crippen LogP contribution >= 0.6 is 0 Å². The van der Waals surface area contributed by atoms with Crippen molar-refractivity contribution in [2.45, 2.75) is 13.8 Å². The van der Waals surface area contributed by atoms with Gasteiger partial charge in [-0.15, -0.1) is 0 Å². The summed E-state index contributed by atoms with van der Waals surface area (Å²) in [6.07, 6.45) is 0. The van der Waals surface area contributed by atoms with Crippen LogP contribution in [0.2, 0.25) is 0 Å². The molecule has 0 aliphatic rings. The summed E-state index contributed by atoms with van der Waals surface area (Å²) in [5, 5.41) is 0. The van der Waals surface area contributed by atoms with Crippen molar-refractivity contribution in [1.82, 2.24) is 0 Å². The number of benzene rings is 1. The summed E-state index contributed by atoms with van der Waals surface area (Å²) in [6, 6.07) is 8.30. The minimum Gasteiger partial charge on any atom is -1.00 e. The standard InChI is InChI=1S/C12H14.Li.H/c1-9(2)11-5-7-12(8-6-11)10(3)4;;/h5-8H,1,3H2,2,4H3;;/q;+1;-1. The molecule has 0 heterocycles. The van der Waals surface area contributed by atoms with Crippen molar-refractivity contribution in [2.24, 2.45) is 0 Å². The molecule has 64 valence electrons. The summed E-state index contributed by atoms with van der Waals surface area (Å²) in [5.74, 6) is 0. The van der Waals surface area contributed by atoms with E-state index in [2.05, 4.69) is 37.4 Å². The Bertz CT molecular complexity index is 279. The Morgan fingerprint density at radius 2 is 1.15 bits per heavy atom. The molecule has 0 aromatic heterocycles. The van der Waals surface area contributed by atoms with Gasteiger partial charge in [0.1, 0.15) is 0 Å². The van der Waals surface area contributed by atoms with E-state index in [9.17, 15) is 0 Å². The molecule has 0 bridgehead atoms. The number of rotatable bonds is 2. The Morgan fingerprint density at radius 1 is 0.923 bits per heavy atom. The predicted molar refractivity (Wildman–Crippen MR) is 57.0 cm³/mol. The predicted octanol–water partition coefficient (Wildman–Crippen LogP) is 0.869. The molecule has 0 nitrogen and oxygen atoms in total. The third-order valence-corrected chi connectivity index (χ3v) is 1.87. The summed E-state index contributed by atoms with van der Waals surface area (Å²) < 4.78 is 0. The van der Waals surface area contributed by atoms with E-state index >= 15 is 0 Å². The molecule has 0 fully saturated rings. The molecule has 1 aromatic rings. The zero-order valence-electron chi connectivity index (χ0n) is 9.72. The maximum absolute atomic E-state index is 3.88. The number of allylic oxidation sites excluding steroid dienone is 2. The van der Waals surface area contributed by atoms with Crippen LogP contribution in [0.15, 0.2) is 37.4 Å². The average molecular weight is 166 g/mol. The van der Waals surface area contributed by atoms with E-state index in [1.807, 2.05) is 13.8 Å². The molecule has 0 N–H and O–H groups in total. The van der Waals surface area contributed by atoms with Gasteiger partial charge in [0.2, 0.25) is 0 Å². The first-order chi connectivity index (χ1) is 5.61. The Balaban J connectivity index is 0.